The first-order valence-electron chi connectivity index (χ1n) is 7.18. The second kappa shape index (κ2) is 8.84. The van der Waals surface area contributed by atoms with Crippen molar-refractivity contribution in [2.24, 2.45) is 0 Å². The molecule has 0 bridgehead atoms. The highest BCUT2D eigenvalue weighted by Gasteiger charge is 2.04. The Labute approximate surface area is 149 Å². The molecule has 4 nitrogen and oxygen atoms in total. The number of amides is 1. The number of benzene rings is 2. The van der Waals surface area contributed by atoms with Gasteiger partial charge in [0.15, 0.2) is 0 Å². The van der Waals surface area contributed by atoms with Crippen molar-refractivity contribution < 1.29 is 14.3 Å². The van der Waals surface area contributed by atoms with Crippen molar-refractivity contribution in [3.63, 3.8) is 0 Å². The third-order valence-electron chi connectivity index (χ3n) is 3.04. The first-order chi connectivity index (χ1) is 11.0. The summed E-state index contributed by atoms with van der Waals surface area (Å²) in [5.74, 6) is 2.27. The maximum Gasteiger partial charge on any atom is 0.276 e. The third-order valence-corrected chi connectivity index (χ3v) is 3.67. The van der Waals surface area contributed by atoms with Crippen molar-refractivity contribution >= 4 is 33.8 Å². The molecule has 0 saturated heterocycles. The van der Waals surface area contributed by atoms with Gasteiger partial charge in [-0.15, -0.1) is 0 Å². The van der Waals surface area contributed by atoms with E-state index in [9.17, 15) is 4.79 Å². The lowest BCUT2D eigenvalue weighted by Gasteiger charge is -2.13. The zero-order valence-electron chi connectivity index (χ0n) is 12.7. The topological polar surface area (TPSA) is 47.6 Å². The van der Waals surface area contributed by atoms with Crippen LogP contribution in [0.4, 0.5) is 4.79 Å². The second-order valence-electron chi connectivity index (χ2n) is 5.02. The van der Waals surface area contributed by atoms with Crippen molar-refractivity contribution in [3.8, 4) is 17.2 Å². The van der Waals surface area contributed by atoms with E-state index in [0.717, 1.165) is 21.7 Å². The summed E-state index contributed by atoms with van der Waals surface area (Å²) < 4.78 is 12.4. The number of hydrogen-bond acceptors (Lipinski definition) is 3. The number of rotatable bonds is 7. The third kappa shape index (κ3) is 6.54. The quantitative estimate of drug-likeness (QED) is 0.645. The fraction of sp³-hybridized carbons (Fsp3) is 0.235. The molecule has 0 aliphatic rings. The fourth-order valence-corrected chi connectivity index (χ4v) is 2.51. The predicted molar refractivity (Wildman–Crippen MR) is 97.7 cm³/mol. The molecule has 0 aromatic heterocycles. The van der Waals surface area contributed by atoms with Gasteiger partial charge in [0.1, 0.15) is 17.2 Å². The van der Waals surface area contributed by atoms with Crippen LogP contribution in [-0.2, 0) is 0 Å². The largest absolute Gasteiger partial charge is 0.494 e. The van der Waals surface area contributed by atoms with E-state index in [0.29, 0.717) is 13.0 Å². The summed E-state index contributed by atoms with van der Waals surface area (Å²) in [6.07, 6.45) is 0.711. The maximum atomic E-state index is 10.8. The van der Waals surface area contributed by atoms with Crippen LogP contribution in [0.15, 0.2) is 53.0 Å². The Balaban J connectivity index is 1.81. The molecule has 1 amide bonds. The minimum absolute atomic E-state index is 0.0270. The summed E-state index contributed by atoms with van der Waals surface area (Å²) in [6.45, 7) is 2.42. The summed E-state index contributed by atoms with van der Waals surface area (Å²) in [7, 11) is 0. The maximum absolute atomic E-state index is 10.8. The highest BCUT2D eigenvalue weighted by molar-refractivity contribution is 9.10. The second-order valence-corrected chi connectivity index (χ2v) is 6.34. The van der Waals surface area contributed by atoms with E-state index in [2.05, 4.69) is 33.9 Å². The first-order valence-corrected chi connectivity index (χ1v) is 8.42. The van der Waals surface area contributed by atoms with E-state index in [1.165, 1.54) is 0 Å². The molecule has 0 radical (unpaired) electrons. The number of carbonyl (C=O) groups excluding carboxylic acids is 1. The van der Waals surface area contributed by atoms with Gasteiger partial charge in [-0.25, -0.2) is 0 Å². The van der Waals surface area contributed by atoms with E-state index in [-0.39, 0.29) is 11.3 Å². The molecular weight excluding hydrogens is 378 g/mol. The van der Waals surface area contributed by atoms with Gasteiger partial charge in [0.25, 0.3) is 5.24 Å². The predicted octanol–water partition coefficient (Wildman–Crippen LogP) is 5.04. The van der Waals surface area contributed by atoms with E-state index in [4.69, 9.17) is 9.47 Å². The monoisotopic (exact) mass is 395 g/mol. The van der Waals surface area contributed by atoms with Gasteiger partial charge in [0, 0.05) is 16.9 Å². The lowest BCUT2D eigenvalue weighted by atomic mass is 10.2. The van der Waals surface area contributed by atoms with Gasteiger partial charge in [-0.2, -0.15) is 0 Å². The van der Waals surface area contributed by atoms with E-state index in [1.54, 1.807) is 0 Å². The Bertz CT molecular complexity index is 649. The van der Waals surface area contributed by atoms with Gasteiger partial charge in [-0.3, -0.25) is 4.79 Å². The lowest BCUT2D eigenvalue weighted by molar-refractivity contribution is 0.253. The molecule has 2 aromatic rings. The van der Waals surface area contributed by atoms with E-state index in [1.807, 2.05) is 55.5 Å². The van der Waals surface area contributed by atoms with Gasteiger partial charge in [-0.1, -0.05) is 34.6 Å². The number of carbonyl (C=O) groups is 1. The standard InChI is InChI=1S/C17H18BrNO3S/c1-12(19-17(20)23)9-10-21-14-5-7-15(8-6-14)22-16-4-2-3-13(18)11-16/h2-8,11-12H,9-10H2,1H3,(H2,19,20,23). The molecule has 23 heavy (non-hydrogen) atoms. The van der Waals surface area contributed by atoms with Crippen LogP contribution in [0.2, 0.25) is 0 Å². The summed E-state index contributed by atoms with van der Waals surface area (Å²) in [6, 6.07) is 15.1. The Morgan fingerprint density at radius 2 is 1.87 bits per heavy atom. The summed E-state index contributed by atoms with van der Waals surface area (Å²) in [5, 5.41) is 2.36. The zero-order valence-corrected chi connectivity index (χ0v) is 15.1. The number of thiol groups is 1. The normalized spacial score (nSPS) is 11.6. The molecule has 1 atom stereocenters. The average Bonchev–Trinajstić information content (AvgIpc) is 2.48. The van der Waals surface area contributed by atoms with Crippen LogP contribution in [0.3, 0.4) is 0 Å². The summed E-state index contributed by atoms with van der Waals surface area (Å²) in [4.78, 5) is 10.8. The van der Waals surface area contributed by atoms with E-state index >= 15 is 0 Å². The van der Waals surface area contributed by atoms with Crippen molar-refractivity contribution in [2.45, 2.75) is 19.4 Å². The van der Waals surface area contributed by atoms with Crippen LogP contribution in [0.5, 0.6) is 17.2 Å². The smallest absolute Gasteiger partial charge is 0.276 e. The summed E-state index contributed by atoms with van der Waals surface area (Å²) in [5.41, 5.74) is 0. The molecule has 0 spiro atoms. The molecule has 122 valence electrons. The van der Waals surface area contributed by atoms with Gasteiger partial charge in [0.05, 0.1) is 6.61 Å². The Kier molecular flexibility index (Phi) is 6.80. The molecule has 0 aliphatic heterocycles. The van der Waals surface area contributed by atoms with Crippen molar-refractivity contribution in [1.82, 2.24) is 5.32 Å². The van der Waals surface area contributed by atoms with Crippen molar-refractivity contribution in [3.05, 3.63) is 53.0 Å². The van der Waals surface area contributed by atoms with Gasteiger partial charge >= 0.3 is 0 Å². The molecule has 2 rings (SSSR count). The Hall–Kier alpha value is -1.66. The Morgan fingerprint density at radius 3 is 2.52 bits per heavy atom. The van der Waals surface area contributed by atoms with Crippen LogP contribution in [0.1, 0.15) is 13.3 Å². The van der Waals surface area contributed by atoms with Crippen molar-refractivity contribution in [1.29, 1.82) is 0 Å². The number of ether oxygens (including phenoxy) is 2. The van der Waals surface area contributed by atoms with E-state index < -0.39 is 0 Å². The molecule has 0 aliphatic carbocycles. The Morgan fingerprint density at radius 1 is 1.17 bits per heavy atom. The minimum Gasteiger partial charge on any atom is -0.494 e. The summed E-state index contributed by atoms with van der Waals surface area (Å²) >= 11 is 7.09. The minimum atomic E-state index is -0.327. The number of hydrogen-bond donors (Lipinski definition) is 2. The molecule has 2 aromatic carbocycles. The van der Waals surface area contributed by atoms with Gasteiger partial charge in [0.2, 0.25) is 0 Å². The molecule has 6 heteroatoms. The number of nitrogens with one attached hydrogen (secondary N) is 1. The van der Waals surface area contributed by atoms with Crippen LogP contribution in [0.25, 0.3) is 0 Å². The highest BCUT2D eigenvalue weighted by Crippen LogP contribution is 2.26. The van der Waals surface area contributed by atoms with Crippen LogP contribution >= 0.6 is 28.6 Å². The average molecular weight is 396 g/mol. The van der Waals surface area contributed by atoms with Gasteiger partial charge < -0.3 is 14.8 Å². The molecule has 1 unspecified atom stereocenters. The highest BCUT2D eigenvalue weighted by atomic mass is 79.9. The van der Waals surface area contributed by atoms with Gasteiger partial charge in [-0.05, 0) is 49.4 Å². The lowest BCUT2D eigenvalue weighted by Crippen LogP contribution is -2.29. The molecule has 0 heterocycles. The number of halogens is 1. The van der Waals surface area contributed by atoms with Crippen LogP contribution in [0, 0.1) is 0 Å². The SMILES string of the molecule is CC(CCOc1ccc(Oc2cccc(Br)c2)cc1)NC(=O)S. The molecule has 1 N–H and O–H groups in total. The molecular formula is C17H18BrNO3S. The van der Waals surface area contributed by atoms with Crippen LogP contribution in [-0.4, -0.2) is 17.9 Å². The van der Waals surface area contributed by atoms with Crippen LogP contribution < -0.4 is 14.8 Å². The fourth-order valence-electron chi connectivity index (χ4n) is 1.91. The first kappa shape index (κ1) is 17.7. The molecule has 0 saturated carbocycles. The van der Waals surface area contributed by atoms with Crippen molar-refractivity contribution in [2.75, 3.05) is 6.61 Å². The zero-order chi connectivity index (χ0) is 16.7. The molecule has 0 fully saturated rings.